The quantitative estimate of drug-likeness (QED) is 0.356. The molecule has 2 aliphatic carbocycles. The highest BCUT2D eigenvalue weighted by Gasteiger charge is 2.30. The first-order chi connectivity index (χ1) is 12.8. The molecule has 3 rings (SSSR count). The molecule has 0 heterocycles. The second-order valence-corrected chi connectivity index (χ2v) is 8.56. The van der Waals surface area contributed by atoms with Crippen LogP contribution in [0.25, 0.3) is 0 Å². The lowest BCUT2D eigenvalue weighted by Gasteiger charge is -2.36. The number of aryl methyl sites for hydroxylation is 1. The Labute approximate surface area is 161 Å². The molecule has 0 saturated heterocycles. The zero-order valence-electron chi connectivity index (χ0n) is 17.0. The van der Waals surface area contributed by atoms with Crippen molar-refractivity contribution >= 4 is 0 Å². The fraction of sp³-hybridized carbons (Fsp3) is 0.680. The Balaban J connectivity index is 1.49. The smallest absolute Gasteiger partial charge is 0.119 e. The number of allylic oxidation sites excluding steroid dienone is 1. The molecule has 1 nitrogen and oxygen atoms in total. The van der Waals surface area contributed by atoms with Gasteiger partial charge in [0.05, 0.1) is 6.61 Å². The van der Waals surface area contributed by atoms with E-state index >= 15 is 0 Å². The van der Waals surface area contributed by atoms with Crippen LogP contribution in [0.3, 0.4) is 0 Å². The maximum atomic E-state index is 5.91. The van der Waals surface area contributed by atoms with Crippen molar-refractivity contribution in [2.24, 2.45) is 17.8 Å². The summed E-state index contributed by atoms with van der Waals surface area (Å²) < 4.78 is 5.91. The average molecular weight is 355 g/mol. The maximum absolute atomic E-state index is 5.91. The summed E-state index contributed by atoms with van der Waals surface area (Å²) in [5.41, 5.74) is 3.14. The van der Waals surface area contributed by atoms with E-state index in [0.717, 1.165) is 36.5 Å². The van der Waals surface area contributed by atoms with Crippen LogP contribution in [0.5, 0.6) is 5.75 Å². The molecule has 0 spiro atoms. The summed E-state index contributed by atoms with van der Waals surface area (Å²) in [6.07, 6.45) is 19.4. The summed E-state index contributed by atoms with van der Waals surface area (Å²) in [7, 11) is 0. The molecule has 0 N–H and O–H groups in total. The summed E-state index contributed by atoms with van der Waals surface area (Å²) in [5, 5.41) is 0. The first-order valence-corrected chi connectivity index (χ1v) is 11.2. The highest BCUT2D eigenvalue weighted by Crippen LogP contribution is 2.41. The van der Waals surface area contributed by atoms with Crippen molar-refractivity contribution in [2.45, 2.75) is 84.5 Å². The molecular weight excluding hydrogens is 316 g/mol. The lowest BCUT2D eigenvalue weighted by molar-refractivity contribution is 0.183. The molecule has 1 fully saturated rings. The van der Waals surface area contributed by atoms with Gasteiger partial charge in [-0.3, -0.25) is 0 Å². The lowest BCUT2D eigenvalue weighted by Crippen LogP contribution is -2.26. The number of hydrogen-bond acceptors (Lipinski definition) is 1. The lowest BCUT2D eigenvalue weighted by atomic mass is 9.69. The Morgan fingerprint density at radius 3 is 2.65 bits per heavy atom. The minimum Gasteiger partial charge on any atom is -0.493 e. The van der Waals surface area contributed by atoms with Gasteiger partial charge in [0.2, 0.25) is 0 Å². The fourth-order valence-electron chi connectivity index (χ4n) is 5.10. The van der Waals surface area contributed by atoms with E-state index in [1.165, 1.54) is 64.2 Å². The van der Waals surface area contributed by atoms with Crippen LogP contribution in [0.2, 0.25) is 0 Å². The molecule has 1 heteroatoms. The third kappa shape index (κ3) is 5.38. The van der Waals surface area contributed by atoms with Gasteiger partial charge < -0.3 is 4.74 Å². The van der Waals surface area contributed by atoms with Crippen molar-refractivity contribution in [3.05, 3.63) is 41.5 Å². The fourth-order valence-corrected chi connectivity index (χ4v) is 5.10. The molecule has 2 aliphatic rings. The van der Waals surface area contributed by atoms with E-state index in [-0.39, 0.29) is 0 Å². The van der Waals surface area contributed by atoms with Crippen molar-refractivity contribution in [3.63, 3.8) is 0 Å². The molecule has 0 aromatic heterocycles. The molecule has 0 bridgehead atoms. The van der Waals surface area contributed by atoms with Crippen LogP contribution < -0.4 is 4.74 Å². The molecule has 1 unspecified atom stereocenters. The van der Waals surface area contributed by atoms with Crippen LogP contribution in [-0.2, 0) is 12.8 Å². The van der Waals surface area contributed by atoms with Crippen LogP contribution in [0.15, 0.2) is 30.4 Å². The van der Waals surface area contributed by atoms with E-state index in [0.29, 0.717) is 0 Å². The SMILES string of the molecule is CC=CCCOc1ccc2c(c1)CCC(C1CCC(CCCC)CC1)C2. The van der Waals surface area contributed by atoms with E-state index in [9.17, 15) is 0 Å². The van der Waals surface area contributed by atoms with Gasteiger partial charge in [-0.15, -0.1) is 0 Å². The van der Waals surface area contributed by atoms with Gasteiger partial charge in [0.25, 0.3) is 0 Å². The molecule has 26 heavy (non-hydrogen) atoms. The minimum atomic E-state index is 0.785. The molecule has 0 amide bonds. The number of rotatable bonds is 8. The molecule has 1 atom stereocenters. The molecule has 1 saturated carbocycles. The van der Waals surface area contributed by atoms with E-state index in [1.54, 1.807) is 11.1 Å². The van der Waals surface area contributed by atoms with Crippen molar-refractivity contribution in [1.29, 1.82) is 0 Å². The van der Waals surface area contributed by atoms with Gasteiger partial charge in [-0.1, -0.05) is 57.2 Å². The predicted octanol–water partition coefficient (Wildman–Crippen LogP) is 7.13. The number of hydrogen-bond donors (Lipinski definition) is 0. The summed E-state index contributed by atoms with van der Waals surface area (Å²) in [4.78, 5) is 0. The van der Waals surface area contributed by atoms with Crippen molar-refractivity contribution < 1.29 is 4.74 Å². The van der Waals surface area contributed by atoms with Gasteiger partial charge in [-0.25, -0.2) is 0 Å². The second-order valence-electron chi connectivity index (χ2n) is 8.56. The van der Waals surface area contributed by atoms with Crippen LogP contribution >= 0.6 is 0 Å². The maximum Gasteiger partial charge on any atom is 0.119 e. The molecular formula is C25H38O. The second kappa shape index (κ2) is 10.2. The summed E-state index contributed by atoms with van der Waals surface area (Å²) in [6, 6.07) is 6.85. The molecule has 1 aromatic carbocycles. The van der Waals surface area contributed by atoms with Crippen LogP contribution in [0.4, 0.5) is 0 Å². The third-order valence-electron chi connectivity index (χ3n) is 6.76. The van der Waals surface area contributed by atoms with Gasteiger partial charge >= 0.3 is 0 Å². The summed E-state index contributed by atoms with van der Waals surface area (Å²) >= 11 is 0. The van der Waals surface area contributed by atoms with E-state index in [1.807, 2.05) is 0 Å². The first-order valence-electron chi connectivity index (χ1n) is 11.2. The molecule has 0 aliphatic heterocycles. The monoisotopic (exact) mass is 354 g/mol. The molecule has 0 radical (unpaired) electrons. The number of unbranched alkanes of at least 4 members (excludes halogenated alkanes) is 1. The Kier molecular flexibility index (Phi) is 7.65. The zero-order valence-corrected chi connectivity index (χ0v) is 17.0. The normalized spacial score (nSPS) is 26.0. The first kappa shape index (κ1) is 19.5. The average Bonchev–Trinajstić information content (AvgIpc) is 2.69. The van der Waals surface area contributed by atoms with Crippen LogP contribution in [-0.4, -0.2) is 6.61 Å². The van der Waals surface area contributed by atoms with Gasteiger partial charge in [0.1, 0.15) is 5.75 Å². The molecule has 1 aromatic rings. The van der Waals surface area contributed by atoms with Gasteiger partial charge in [0.15, 0.2) is 0 Å². The Hall–Kier alpha value is -1.24. The molecule has 144 valence electrons. The topological polar surface area (TPSA) is 9.23 Å². The highest BCUT2D eigenvalue weighted by molar-refractivity contribution is 5.37. The van der Waals surface area contributed by atoms with E-state index < -0.39 is 0 Å². The van der Waals surface area contributed by atoms with Gasteiger partial charge in [0, 0.05) is 0 Å². The highest BCUT2D eigenvalue weighted by atomic mass is 16.5. The summed E-state index contributed by atoms with van der Waals surface area (Å²) in [5.74, 6) is 4.00. The number of fused-ring (bicyclic) bond motifs is 1. The van der Waals surface area contributed by atoms with Gasteiger partial charge in [-0.05, 0) is 86.5 Å². The predicted molar refractivity (Wildman–Crippen MR) is 112 cm³/mol. The third-order valence-corrected chi connectivity index (χ3v) is 6.76. The number of benzene rings is 1. The van der Waals surface area contributed by atoms with Crippen LogP contribution in [0, 0.1) is 17.8 Å². The van der Waals surface area contributed by atoms with Crippen molar-refractivity contribution in [3.8, 4) is 5.75 Å². The van der Waals surface area contributed by atoms with E-state index in [2.05, 4.69) is 44.2 Å². The van der Waals surface area contributed by atoms with E-state index in [4.69, 9.17) is 4.74 Å². The number of ether oxygens (including phenoxy) is 1. The van der Waals surface area contributed by atoms with Crippen molar-refractivity contribution in [2.75, 3.05) is 6.61 Å². The Bertz CT molecular complexity index is 566. The van der Waals surface area contributed by atoms with Crippen LogP contribution in [0.1, 0.15) is 82.8 Å². The standard InChI is InChI=1S/C25H38O/c1-3-5-7-17-26-25-16-15-23-18-22(13-14-24(23)19-25)21-11-9-20(10-12-21)8-6-4-2/h3,5,15-16,19-22H,4,6-14,17-18H2,1-2H3. The zero-order chi connectivity index (χ0) is 18.2. The van der Waals surface area contributed by atoms with Crippen molar-refractivity contribution in [1.82, 2.24) is 0 Å². The minimum absolute atomic E-state index is 0.785. The summed E-state index contributed by atoms with van der Waals surface area (Å²) in [6.45, 7) is 5.17. The van der Waals surface area contributed by atoms with Gasteiger partial charge in [-0.2, -0.15) is 0 Å². The Morgan fingerprint density at radius 1 is 1.04 bits per heavy atom. The largest absolute Gasteiger partial charge is 0.493 e. The Morgan fingerprint density at radius 2 is 1.88 bits per heavy atom.